The van der Waals surface area contributed by atoms with Crippen molar-refractivity contribution in [2.75, 3.05) is 16.0 Å². The predicted molar refractivity (Wildman–Crippen MR) is 98.2 cm³/mol. The third-order valence-corrected chi connectivity index (χ3v) is 3.41. The number of aliphatic carboxylic acids is 4. The highest BCUT2D eigenvalue weighted by Gasteiger charge is 2.24. The molecule has 15 nitrogen and oxygen atoms in total. The molecule has 164 valence electrons. The molecule has 15 heteroatoms. The molecule has 0 fully saturated rings. The second-order valence-electron chi connectivity index (χ2n) is 6.02. The van der Waals surface area contributed by atoms with Crippen LogP contribution in [-0.4, -0.2) is 83.7 Å². The highest BCUT2D eigenvalue weighted by molar-refractivity contribution is 5.83. The lowest BCUT2D eigenvalue weighted by Crippen LogP contribution is -2.34. The summed E-state index contributed by atoms with van der Waals surface area (Å²) in [6, 6.07) is -3.70. The summed E-state index contributed by atoms with van der Waals surface area (Å²) in [6.07, 6.45) is -1.21. The fourth-order valence-corrected chi connectivity index (χ4v) is 2.11. The monoisotopic (exact) mass is 428 g/mol. The summed E-state index contributed by atoms with van der Waals surface area (Å²) < 4.78 is 0. The molecule has 0 radical (unpaired) electrons. The Balaban J connectivity index is 3.23. The van der Waals surface area contributed by atoms with E-state index in [-0.39, 0.29) is 18.3 Å². The number of anilines is 3. The number of aldehydes is 1. The number of hydrogen-bond donors (Lipinski definition) is 7. The van der Waals surface area contributed by atoms with Gasteiger partial charge in [-0.2, -0.15) is 15.0 Å². The number of carbonyl (C=O) groups excluding carboxylic acids is 1. The number of carbonyl (C=O) groups is 5. The van der Waals surface area contributed by atoms with Crippen molar-refractivity contribution in [3.8, 4) is 0 Å². The van der Waals surface area contributed by atoms with E-state index in [0.717, 1.165) is 0 Å². The molecule has 3 unspecified atom stereocenters. The lowest BCUT2D eigenvalue weighted by Gasteiger charge is -2.17. The SMILES string of the molecule is CC(CC(=O)O)Nc1nc(NC(CC=O)C(=O)O)nc(NC(CC(=O)O)C(=O)O)n1. The molecule has 1 rings (SSSR count). The van der Waals surface area contributed by atoms with Crippen molar-refractivity contribution in [2.24, 2.45) is 0 Å². The molecule has 0 saturated heterocycles. The number of nitrogens with zero attached hydrogens (tertiary/aromatic N) is 3. The first-order valence-corrected chi connectivity index (χ1v) is 8.40. The maximum Gasteiger partial charge on any atom is 0.326 e. The van der Waals surface area contributed by atoms with Gasteiger partial charge in [-0.1, -0.05) is 0 Å². The average Bonchev–Trinajstić information content (AvgIpc) is 2.59. The van der Waals surface area contributed by atoms with Gasteiger partial charge in [0.25, 0.3) is 0 Å². The summed E-state index contributed by atoms with van der Waals surface area (Å²) in [5.41, 5.74) is 0. The van der Waals surface area contributed by atoms with E-state index < -0.39 is 60.8 Å². The molecule has 0 aliphatic heterocycles. The number of nitrogens with one attached hydrogen (secondary N) is 3. The molecule has 1 heterocycles. The second-order valence-corrected chi connectivity index (χ2v) is 6.02. The normalized spacial score (nSPS) is 13.4. The Bertz CT molecular complexity index is 818. The minimum Gasteiger partial charge on any atom is -0.481 e. The molecule has 0 aliphatic carbocycles. The largest absolute Gasteiger partial charge is 0.481 e. The Hall–Kier alpha value is -4.04. The second kappa shape index (κ2) is 11.1. The number of rotatable bonds is 14. The maximum absolute atomic E-state index is 11.3. The molecule has 1 aromatic rings. The standard InChI is InChI=1S/C15H20N6O9/c1-6(4-9(23)24)16-13-19-14(17-7(2-3-22)11(27)28)21-15(20-13)18-8(12(29)30)5-10(25)26/h3,6-8H,2,4-5H2,1H3,(H,23,24)(H,25,26)(H,27,28)(H,29,30)(H3,16,17,18,19,20,21). The van der Waals surface area contributed by atoms with Crippen molar-refractivity contribution in [2.45, 2.75) is 44.3 Å². The number of carboxylic acid groups (broad SMARTS) is 4. The van der Waals surface area contributed by atoms with Crippen LogP contribution >= 0.6 is 0 Å². The van der Waals surface area contributed by atoms with Gasteiger partial charge in [0, 0.05) is 12.5 Å². The van der Waals surface area contributed by atoms with Crippen molar-refractivity contribution >= 4 is 48.0 Å². The van der Waals surface area contributed by atoms with E-state index in [1.165, 1.54) is 6.92 Å². The topological polar surface area (TPSA) is 241 Å². The minimum absolute atomic E-state index is 0.238. The minimum atomic E-state index is -1.62. The molecule has 0 bridgehead atoms. The molecular weight excluding hydrogens is 408 g/mol. The lowest BCUT2D eigenvalue weighted by molar-refractivity contribution is -0.144. The summed E-state index contributed by atoms with van der Waals surface area (Å²) in [7, 11) is 0. The van der Waals surface area contributed by atoms with E-state index in [0.29, 0.717) is 6.29 Å². The van der Waals surface area contributed by atoms with Gasteiger partial charge in [-0.15, -0.1) is 0 Å². The van der Waals surface area contributed by atoms with Crippen LogP contribution in [0, 0.1) is 0 Å². The van der Waals surface area contributed by atoms with Gasteiger partial charge in [0.1, 0.15) is 18.4 Å². The van der Waals surface area contributed by atoms with Crippen LogP contribution in [0.2, 0.25) is 0 Å². The quantitative estimate of drug-likeness (QED) is 0.175. The van der Waals surface area contributed by atoms with Crippen molar-refractivity contribution in [1.82, 2.24) is 15.0 Å². The summed E-state index contributed by atoms with van der Waals surface area (Å²) in [5, 5.41) is 43.2. The Morgan fingerprint density at radius 2 is 1.23 bits per heavy atom. The van der Waals surface area contributed by atoms with Gasteiger partial charge in [0.2, 0.25) is 17.8 Å². The highest BCUT2D eigenvalue weighted by atomic mass is 16.4. The van der Waals surface area contributed by atoms with Crippen molar-refractivity contribution in [3.63, 3.8) is 0 Å². The van der Waals surface area contributed by atoms with Crippen LogP contribution in [0.4, 0.5) is 17.8 Å². The number of carboxylic acids is 4. The van der Waals surface area contributed by atoms with E-state index in [1.54, 1.807) is 0 Å². The molecule has 0 saturated carbocycles. The zero-order chi connectivity index (χ0) is 22.8. The number of hydrogen-bond acceptors (Lipinski definition) is 11. The fourth-order valence-electron chi connectivity index (χ4n) is 2.11. The predicted octanol–water partition coefficient (Wildman–Crippen LogP) is -1.06. The summed E-state index contributed by atoms with van der Waals surface area (Å²) in [5.74, 6) is -6.45. The first-order valence-electron chi connectivity index (χ1n) is 8.40. The first kappa shape index (κ1) is 24.0. The average molecular weight is 428 g/mol. The summed E-state index contributed by atoms with van der Waals surface area (Å²) in [6.45, 7) is 1.50. The highest BCUT2D eigenvalue weighted by Crippen LogP contribution is 2.14. The Kier molecular flexibility index (Phi) is 8.86. The Morgan fingerprint density at radius 1 is 0.800 bits per heavy atom. The van der Waals surface area contributed by atoms with Gasteiger partial charge in [-0.3, -0.25) is 9.59 Å². The van der Waals surface area contributed by atoms with E-state index in [4.69, 9.17) is 20.4 Å². The van der Waals surface area contributed by atoms with E-state index in [2.05, 4.69) is 30.9 Å². The van der Waals surface area contributed by atoms with E-state index >= 15 is 0 Å². The van der Waals surface area contributed by atoms with Gasteiger partial charge in [-0.25, -0.2) is 9.59 Å². The van der Waals surface area contributed by atoms with Gasteiger partial charge < -0.3 is 41.2 Å². The van der Waals surface area contributed by atoms with Crippen molar-refractivity contribution < 1.29 is 44.4 Å². The van der Waals surface area contributed by atoms with Crippen LogP contribution in [0.5, 0.6) is 0 Å². The molecule has 0 aromatic carbocycles. The molecule has 0 spiro atoms. The van der Waals surface area contributed by atoms with Crippen LogP contribution in [0.1, 0.15) is 26.2 Å². The van der Waals surface area contributed by atoms with Crippen LogP contribution in [0.3, 0.4) is 0 Å². The zero-order valence-corrected chi connectivity index (χ0v) is 15.6. The van der Waals surface area contributed by atoms with Crippen LogP contribution < -0.4 is 16.0 Å². The maximum atomic E-state index is 11.3. The Morgan fingerprint density at radius 3 is 1.63 bits per heavy atom. The summed E-state index contributed by atoms with van der Waals surface area (Å²) in [4.78, 5) is 66.3. The van der Waals surface area contributed by atoms with E-state index in [9.17, 15) is 24.0 Å². The van der Waals surface area contributed by atoms with Crippen molar-refractivity contribution in [3.05, 3.63) is 0 Å². The van der Waals surface area contributed by atoms with Gasteiger partial charge in [-0.05, 0) is 6.92 Å². The lowest BCUT2D eigenvalue weighted by atomic mass is 10.2. The molecular formula is C15H20N6O9. The molecule has 1 aromatic heterocycles. The van der Waals surface area contributed by atoms with Crippen LogP contribution in [0.25, 0.3) is 0 Å². The molecule has 0 amide bonds. The number of aromatic nitrogens is 3. The first-order chi connectivity index (χ1) is 14.0. The molecule has 7 N–H and O–H groups in total. The van der Waals surface area contributed by atoms with E-state index in [1.807, 2.05) is 0 Å². The van der Waals surface area contributed by atoms with Crippen LogP contribution in [0.15, 0.2) is 0 Å². The summed E-state index contributed by atoms with van der Waals surface area (Å²) >= 11 is 0. The zero-order valence-electron chi connectivity index (χ0n) is 15.6. The van der Waals surface area contributed by atoms with Gasteiger partial charge in [0.05, 0.1) is 12.8 Å². The molecule has 3 atom stereocenters. The molecule has 0 aliphatic rings. The van der Waals surface area contributed by atoms with Gasteiger partial charge in [0.15, 0.2) is 0 Å². The van der Waals surface area contributed by atoms with Crippen molar-refractivity contribution in [1.29, 1.82) is 0 Å². The molecule has 30 heavy (non-hydrogen) atoms. The third kappa shape index (κ3) is 8.32. The smallest absolute Gasteiger partial charge is 0.326 e. The third-order valence-electron chi connectivity index (χ3n) is 3.41. The fraction of sp³-hybridized carbons (Fsp3) is 0.467. The van der Waals surface area contributed by atoms with Crippen LogP contribution in [-0.2, 0) is 24.0 Å². The Labute approximate surface area is 168 Å². The van der Waals surface area contributed by atoms with Gasteiger partial charge >= 0.3 is 23.9 Å².